The first-order valence-electron chi connectivity index (χ1n) is 6.26. The number of carboxylic acid groups (broad SMARTS) is 1. The number of aromatic amines is 1. The number of carbonyl (C=O) groups excluding carboxylic acids is 1. The van der Waals surface area contributed by atoms with Gasteiger partial charge in [0.25, 0.3) is 5.91 Å². The van der Waals surface area contributed by atoms with Crippen LogP contribution >= 0.6 is 11.3 Å². The summed E-state index contributed by atoms with van der Waals surface area (Å²) < 4.78 is 0. The smallest absolute Gasteiger partial charge is 0.303 e. The molecule has 0 spiro atoms. The molecule has 0 saturated heterocycles. The molecule has 7 heteroatoms. The Morgan fingerprint density at radius 3 is 2.95 bits per heavy atom. The Hall–Kier alpha value is -2.15. The van der Waals surface area contributed by atoms with E-state index >= 15 is 0 Å². The molecule has 106 valence electrons. The van der Waals surface area contributed by atoms with Gasteiger partial charge in [0, 0.05) is 13.0 Å². The summed E-state index contributed by atoms with van der Waals surface area (Å²) in [6.07, 6.45) is 1.32. The SMILES string of the molecule is O=C(O)CCCCNC(=O)c1cc(-c2cccs2)[nH]n1. The quantitative estimate of drug-likeness (QED) is 0.681. The zero-order valence-corrected chi connectivity index (χ0v) is 11.6. The van der Waals surface area contributed by atoms with Crippen LogP contribution in [-0.4, -0.2) is 33.7 Å². The molecule has 2 rings (SSSR count). The van der Waals surface area contributed by atoms with E-state index in [-0.39, 0.29) is 12.3 Å². The molecule has 0 radical (unpaired) electrons. The number of aliphatic carboxylic acids is 1. The molecule has 2 heterocycles. The van der Waals surface area contributed by atoms with E-state index in [1.807, 2.05) is 17.5 Å². The zero-order chi connectivity index (χ0) is 14.4. The number of hydrogen-bond donors (Lipinski definition) is 3. The van der Waals surface area contributed by atoms with Crippen molar-refractivity contribution < 1.29 is 14.7 Å². The van der Waals surface area contributed by atoms with Crippen LogP contribution in [0.3, 0.4) is 0 Å². The molecule has 0 aliphatic rings. The van der Waals surface area contributed by atoms with Crippen molar-refractivity contribution in [3.05, 3.63) is 29.3 Å². The van der Waals surface area contributed by atoms with Gasteiger partial charge in [-0.2, -0.15) is 5.10 Å². The first-order valence-corrected chi connectivity index (χ1v) is 7.14. The van der Waals surface area contributed by atoms with Gasteiger partial charge in [-0.3, -0.25) is 14.7 Å². The third kappa shape index (κ3) is 3.92. The highest BCUT2D eigenvalue weighted by Gasteiger charge is 2.11. The third-order valence-corrected chi connectivity index (χ3v) is 3.60. The molecule has 0 aliphatic heterocycles. The number of hydrogen-bond acceptors (Lipinski definition) is 4. The molecule has 0 aliphatic carbocycles. The highest BCUT2D eigenvalue weighted by molar-refractivity contribution is 7.13. The normalized spacial score (nSPS) is 10.4. The topological polar surface area (TPSA) is 95.1 Å². The Kier molecular flexibility index (Phi) is 4.89. The maximum atomic E-state index is 11.8. The van der Waals surface area contributed by atoms with Crippen LogP contribution in [0.2, 0.25) is 0 Å². The summed E-state index contributed by atoms with van der Waals surface area (Å²) in [5, 5.41) is 20.0. The second-order valence-electron chi connectivity index (χ2n) is 4.25. The molecule has 1 amide bonds. The van der Waals surface area contributed by atoms with Crippen molar-refractivity contribution in [2.75, 3.05) is 6.54 Å². The number of carboxylic acids is 1. The Morgan fingerprint density at radius 1 is 1.40 bits per heavy atom. The predicted octanol–water partition coefficient (Wildman–Crippen LogP) is 2.12. The number of nitrogens with one attached hydrogen (secondary N) is 2. The summed E-state index contributed by atoms with van der Waals surface area (Å²) in [7, 11) is 0. The lowest BCUT2D eigenvalue weighted by Crippen LogP contribution is -2.24. The highest BCUT2D eigenvalue weighted by atomic mass is 32.1. The van der Waals surface area contributed by atoms with Crippen molar-refractivity contribution in [2.24, 2.45) is 0 Å². The molecular formula is C13H15N3O3S. The fourth-order valence-electron chi connectivity index (χ4n) is 1.69. The molecule has 0 saturated carbocycles. The van der Waals surface area contributed by atoms with Gasteiger partial charge < -0.3 is 10.4 Å². The molecule has 0 aromatic carbocycles. The summed E-state index contributed by atoms with van der Waals surface area (Å²) in [4.78, 5) is 23.2. The van der Waals surface area contributed by atoms with E-state index in [4.69, 9.17) is 5.11 Å². The van der Waals surface area contributed by atoms with Crippen molar-refractivity contribution >= 4 is 23.2 Å². The Morgan fingerprint density at radius 2 is 2.25 bits per heavy atom. The van der Waals surface area contributed by atoms with Crippen LogP contribution in [0.1, 0.15) is 29.8 Å². The maximum Gasteiger partial charge on any atom is 0.303 e. The monoisotopic (exact) mass is 293 g/mol. The number of thiophene rings is 1. The van der Waals surface area contributed by atoms with E-state index in [0.29, 0.717) is 25.1 Å². The Balaban J connectivity index is 1.80. The van der Waals surface area contributed by atoms with Crippen LogP contribution < -0.4 is 5.32 Å². The van der Waals surface area contributed by atoms with E-state index < -0.39 is 5.97 Å². The number of H-pyrrole nitrogens is 1. The lowest BCUT2D eigenvalue weighted by atomic mass is 10.2. The highest BCUT2D eigenvalue weighted by Crippen LogP contribution is 2.22. The first kappa shape index (κ1) is 14.3. The van der Waals surface area contributed by atoms with Gasteiger partial charge in [-0.25, -0.2) is 0 Å². The summed E-state index contributed by atoms with van der Waals surface area (Å²) >= 11 is 1.57. The van der Waals surface area contributed by atoms with Crippen molar-refractivity contribution in [1.82, 2.24) is 15.5 Å². The lowest BCUT2D eigenvalue weighted by molar-refractivity contribution is -0.137. The largest absolute Gasteiger partial charge is 0.481 e. The van der Waals surface area contributed by atoms with Crippen LogP contribution in [0.4, 0.5) is 0 Å². The molecule has 2 aromatic heterocycles. The van der Waals surface area contributed by atoms with E-state index in [1.54, 1.807) is 17.4 Å². The minimum absolute atomic E-state index is 0.126. The fraction of sp³-hybridized carbons (Fsp3) is 0.308. The van der Waals surface area contributed by atoms with Crippen LogP contribution in [0.15, 0.2) is 23.6 Å². The van der Waals surface area contributed by atoms with Crippen LogP contribution in [0.25, 0.3) is 10.6 Å². The molecule has 0 atom stereocenters. The molecule has 6 nitrogen and oxygen atoms in total. The first-order chi connectivity index (χ1) is 9.66. The lowest BCUT2D eigenvalue weighted by Gasteiger charge is -2.01. The van der Waals surface area contributed by atoms with Gasteiger partial charge >= 0.3 is 5.97 Å². The van der Waals surface area contributed by atoms with Crippen molar-refractivity contribution in [3.63, 3.8) is 0 Å². The van der Waals surface area contributed by atoms with Crippen molar-refractivity contribution in [2.45, 2.75) is 19.3 Å². The fourth-order valence-corrected chi connectivity index (χ4v) is 2.38. The van der Waals surface area contributed by atoms with Gasteiger partial charge in [-0.15, -0.1) is 11.3 Å². The summed E-state index contributed by atoms with van der Waals surface area (Å²) in [6.45, 7) is 0.452. The molecule has 20 heavy (non-hydrogen) atoms. The molecule has 0 bridgehead atoms. The molecule has 2 aromatic rings. The molecule has 0 unspecified atom stereocenters. The third-order valence-electron chi connectivity index (χ3n) is 2.70. The number of amides is 1. The number of rotatable bonds is 7. The summed E-state index contributed by atoms with van der Waals surface area (Å²) in [5.74, 6) is -1.07. The summed E-state index contributed by atoms with van der Waals surface area (Å²) in [6, 6.07) is 5.59. The number of nitrogens with zero attached hydrogens (tertiary/aromatic N) is 1. The van der Waals surface area contributed by atoms with Gasteiger partial charge in [0.05, 0.1) is 10.6 Å². The molecule has 3 N–H and O–H groups in total. The van der Waals surface area contributed by atoms with E-state index in [2.05, 4.69) is 15.5 Å². The van der Waals surface area contributed by atoms with Crippen LogP contribution in [-0.2, 0) is 4.79 Å². The van der Waals surface area contributed by atoms with Crippen LogP contribution in [0.5, 0.6) is 0 Å². The van der Waals surface area contributed by atoms with Gasteiger partial charge in [-0.1, -0.05) is 6.07 Å². The van der Waals surface area contributed by atoms with E-state index in [9.17, 15) is 9.59 Å². The van der Waals surface area contributed by atoms with Crippen molar-refractivity contribution in [3.8, 4) is 10.6 Å². The van der Waals surface area contributed by atoms with Gasteiger partial charge in [0.1, 0.15) is 0 Å². The number of carbonyl (C=O) groups is 2. The maximum absolute atomic E-state index is 11.8. The average Bonchev–Trinajstić information content (AvgIpc) is 3.08. The molecule has 0 fully saturated rings. The minimum Gasteiger partial charge on any atom is -0.481 e. The Bertz CT molecular complexity index is 577. The second kappa shape index (κ2) is 6.85. The van der Waals surface area contributed by atoms with Crippen molar-refractivity contribution in [1.29, 1.82) is 0 Å². The number of aromatic nitrogens is 2. The minimum atomic E-state index is -0.816. The van der Waals surface area contributed by atoms with E-state index in [1.165, 1.54) is 0 Å². The Labute approximate surface area is 119 Å². The standard InChI is InChI=1S/C13H15N3O3S/c17-12(18)5-1-2-6-14-13(19)10-8-9(15-16-10)11-4-3-7-20-11/h3-4,7-8H,1-2,5-6H2,(H,14,19)(H,15,16)(H,17,18). The average molecular weight is 293 g/mol. The van der Waals surface area contributed by atoms with Gasteiger partial charge in [-0.05, 0) is 30.4 Å². The molecular weight excluding hydrogens is 278 g/mol. The summed E-state index contributed by atoms with van der Waals surface area (Å²) in [5.41, 5.74) is 1.16. The van der Waals surface area contributed by atoms with Gasteiger partial charge in [0.15, 0.2) is 5.69 Å². The predicted molar refractivity (Wildman–Crippen MR) is 75.7 cm³/mol. The second-order valence-corrected chi connectivity index (χ2v) is 5.20. The van der Waals surface area contributed by atoms with E-state index in [0.717, 1.165) is 10.6 Å². The van der Waals surface area contributed by atoms with Crippen LogP contribution in [0, 0.1) is 0 Å². The van der Waals surface area contributed by atoms with Gasteiger partial charge in [0.2, 0.25) is 0 Å². The zero-order valence-electron chi connectivity index (χ0n) is 10.8. The number of unbranched alkanes of at least 4 members (excludes halogenated alkanes) is 1.